The maximum absolute atomic E-state index is 11.7. The van der Waals surface area contributed by atoms with Crippen molar-refractivity contribution >= 4 is 5.78 Å². The number of rotatable bonds is 4. The van der Waals surface area contributed by atoms with Crippen LogP contribution >= 0.6 is 0 Å². The Morgan fingerprint density at radius 3 is 2.62 bits per heavy atom. The van der Waals surface area contributed by atoms with Crippen molar-refractivity contribution in [3.8, 4) is 0 Å². The minimum Gasteiger partial charge on any atom is -0.292 e. The second kappa shape index (κ2) is 4.70. The molecule has 0 aliphatic carbocycles. The van der Waals surface area contributed by atoms with E-state index in [1.165, 1.54) is 6.33 Å². The predicted molar refractivity (Wildman–Crippen MR) is 50.4 cm³/mol. The molecule has 0 aliphatic heterocycles. The summed E-state index contributed by atoms with van der Waals surface area (Å²) in [6.45, 7) is 4.04. The molecule has 70 valence electrons. The lowest BCUT2D eigenvalue weighted by Crippen LogP contribution is -2.14. The minimum atomic E-state index is 0.106. The van der Waals surface area contributed by atoms with Crippen LogP contribution in [0.4, 0.5) is 0 Å². The second-order valence-corrected chi connectivity index (χ2v) is 2.97. The lowest BCUT2D eigenvalue weighted by molar-refractivity contribution is 0.0908. The first kappa shape index (κ1) is 9.84. The molecule has 0 amide bonds. The summed E-state index contributed by atoms with van der Waals surface area (Å²) in [4.78, 5) is 19.4. The predicted octanol–water partition coefficient (Wildman–Crippen LogP) is 2.10. The van der Waals surface area contributed by atoms with Crippen molar-refractivity contribution in [3.63, 3.8) is 0 Å². The number of Topliss-reactive ketones (excluding diaryl/α,β-unsaturated/α-hetero) is 1. The maximum Gasteiger partial charge on any atom is 0.184 e. The van der Waals surface area contributed by atoms with Crippen molar-refractivity contribution in [1.29, 1.82) is 0 Å². The van der Waals surface area contributed by atoms with Crippen molar-refractivity contribution < 1.29 is 4.79 Å². The summed E-state index contributed by atoms with van der Waals surface area (Å²) in [5, 5.41) is 0. The molecule has 0 saturated carbocycles. The van der Waals surface area contributed by atoms with Crippen LogP contribution in [-0.2, 0) is 0 Å². The Morgan fingerprint density at radius 1 is 1.46 bits per heavy atom. The standard InChI is InChI=1S/C10H14N2O/c1-3-8(4-2)10(13)9-5-6-11-7-12-9/h5-8H,3-4H2,1-2H3. The largest absolute Gasteiger partial charge is 0.292 e. The summed E-state index contributed by atoms with van der Waals surface area (Å²) in [5.74, 6) is 0.238. The van der Waals surface area contributed by atoms with Crippen molar-refractivity contribution in [1.82, 2.24) is 9.97 Å². The average Bonchev–Trinajstić information content (AvgIpc) is 2.21. The molecule has 0 spiro atoms. The van der Waals surface area contributed by atoms with Crippen molar-refractivity contribution in [3.05, 3.63) is 24.3 Å². The summed E-state index contributed by atoms with van der Waals surface area (Å²) >= 11 is 0. The van der Waals surface area contributed by atoms with Gasteiger partial charge in [0.25, 0.3) is 0 Å². The molecule has 0 bridgehead atoms. The van der Waals surface area contributed by atoms with Crippen LogP contribution in [0.25, 0.3) is 0 Å². The van der Waals surface area contributed by atoms with Gasteiger partial charge < -0.3 is 0 Å². The van der Waals surface area contributed by atoms with Gasteiger partial charge in [0, 0.05) is 12.1 Å². The summed E-state index contributed by atoms with van der Waals surface area (Å²) in [6, 6.07) is 1.67. The first-order chi connectivity index (χ1) is 6.29. The number of ketones is 1. The topological polar surface area (TPSA) is 42.9 Å². The van der Waals surface area contributed by atoms with Crippen LogP contribution in [-0.4, -0.2) is 15.8 Å². The molecule has 1 rings (SSSR count). The van der Waals surface area contributed by atoms with Crippen LogP contribution in [0.5, 0.6) is 0 Å². The molecule has 3 nitrogen and oxygen atoms in total. The van der Waals surface area contributed by atoms with E-state index in [1.807, 2.05) is 13.8 Å². The van der Waals surface area contributed by atoms with E-state index in [2.05, 4.69) is 9.97 Å². The number of hydrogen-bond donors (Lipinski definition) is 0. The first-order valence-electron chi connectivity index (χ1n) is 4.59. The normalized spacial score (nSPS) is 10.4. The Bertz CT molecular complexity index is 268. The van der Waals surface area contributed by atoms with E-state index >= 15 is 0 Å². The zero-order chi connectivity index (χ0) is 9.68. The third-order valence-corrected chi connectivity index (χ3v) is 2.19. The monoisotopic (exact) mass is 178 g/mol. The summed E-state index contributed by atoms with van der Waals surface area (Å²) in [5.41, 5.74) is 0.531. The fraction of sp³-hybridized carbons (Fsp3) is 0.500. The minimum absolute atomic E-state index is 0.106. The summed E-state index contributed by atoms with van der Waals surface area (Å²) in [7, 11) is 0. The molecule has 0 fully saturated rings. The molecule has 0 aromatic carbocycles. The van der Waals surface area contributed by atoms with Crippen molar-refractivity contribution in [2.24, 2.45) is 5.92 Å². The Balaban J connectivity index is 2.78. The fourth-order valence-corrected chi connectivity index (χ4v) is 1.31. The van der Waals surface area contributed by atoms with E-state index in [0.717, 1.165) is 12.8 Å². The molecule has 1 heterocycles. The van der Waals surface area contributed by atoms with Gasteiger partial charge in [-0.1, -0.05) is 13.8 Å². The Kier molecular flexibility index (Phi) is 3.55. The van der Waals surface area contributed by atoms with Gasteiger partial charge >= 0.3 is 0 Å². The van der Waals surface area contributed by atoms with Gasteiger partial charge in [0.1, 0.15) is 12.0 Å². The van der Waals surface area contributed by atoms with Gasteiger partial charge in [0.05, 0.1) is 0 Å². The zero-order valence-electron chi connectivity index (χ0n) is 8.03. The first-order valence-corrected chi connectivity index (χ1v) is 4.59. The van der Waals surface area contributed by atoms with Gasteiger partial charge in [-0.25, -0.2) is 9.97 Å². The lowest BCUT2D eigenvalue weighted by atomic mass is 9.96. The van der Waals surface area contributed by atoms with Gasteiger partial charge in [0.2, 0.25) is 0 Å². The van der Waals surface area contributed by atoms with Gasteiger partial charge in [-0.05, 0) is 18.9 Å². The maximum atomic E-state index is 11.7. The molecule has 0 N–H and O–H groups in total. The van der Waals surface area contributed by atoms with Crippen LogP contribution in [0.1, 0.15) is 37.2 Å². The number of carbonyl (C=O) groups excluding carboxylic acids is 1. The second-order valence-electron chi connectivity index (χ2n) is 2.97. The van der Waals surface area contributed by atoms with E-state index in [9.17, 15) is 4.79 Å². The van der Waals surface area contributed by atoms with E-state index in [-0.39, 0.29) is 11.7 Å². The van der Waals surface area contributed by atoms with Crippen molar-refractivity contribution in [2.75, 3.05) is 0 Å². The van der Waals surface area contributed by atoms with Crippen LogP contribution in [0.3, 0.4) is 0 Å². The fourth-order valence-electron chi connectivity index (χ4n) is 1.31. The van der Waals surface area contributed by atoms with Gasteiger partial charge in [-0.3, -0.25) is 4.79 Å². The van der Waals surface area contributed by atoms with Crippen LogP contribution in [0.15, 0.2) is 18.6 Å². The highest BCUT2D eigenvalue weighted by atomic mass is 16.1. The van der Waals surface area contributed by atoms with Gasteiger partial charge in [-0.15, -0.1) is 0 Å². The quantitative estimate of drug-likeness (QED) is 0.663. The average molecular weight is 178 g/mol. The smallest absolute Gasteiger partial charge is 0.184 e. The number of hydrogen-bond acceptors (Lipinski definition) is 3. The summed E-state index contributed by atoms with van der Waals surface area (Å²) in [6.07, 6.45) is 4.76. The Labute approximate surface area is 78.2 Å². The number of aromatic nitrogens is 2. The molecule has 0 saturated heterocycles. The van der Waals surface area contributed by atoms with E-state index in [0.29, 0.717) is 5.69 Å². The van der Waals surface area contributed by atoms with E-state index in [1.54, 1.807) is 12.3 Å². The Morgan fingerprint density at radius 2 is 2.15 bits per heavy atom. The Hall–Kier alpha value is -1.25. The third-order valence-electron chi connectivity index (χ3n) is 2.19. The molecular weight excluding hydrogens is 164 g/mol. The number of nitrogens with zero attached hydrogens (tertiary/aromatic N) is 2. The molecule has 0 atom stereocenters. The third kappa shape index (κ3) is 2.34. The van der Waals surface area contributed by atoms with Crippen LogP contribution in [0.2, 0.25) is 0 Å². The molecule has 0 unspecified atom stereocenters. The van der Waals surface area contributed by atoms with Crippen LogP contribution < -0.4 is 0 Å². The molecule has 3 heteroatoms. The van der Waals surface area contributed by atoms with Gasteiger partial charge in [0.15, 0.2) is 5.78 Å². The zero-order valence-corrected chi connectivity index (χ0v) is 8.03. The lowest BCUT2D eigenvalue weighted by Gasteiger charge is -2.09. The molecule has 1 aromatic rings. The number of carbonyl (C=O) groups is 1. The highest BCUT2D eigenvalue weighted by Gasteiger charge is 2.16. The van der Waals surface area contributed by atoms with E-state index in [4.69, 9.17) is 0 Å². The molecule has 0 aliphatic rings. The van der Waals surface area contributed by atoms with Crippen molar-refractivity contribution in [2.45, 2.75) is 26.7 Å². The van der Waals surface area contributed by atoms with Crippen LogP contribution in [0, 0.1) is 5.92 Å². The SMILES string of the molecule is CCC(CC)C(=O)c1ccncn1. The highest BCUT2D eigenvalue weighted by Crippen LogP contribution is 2.13. The molecule has 0 radical (unpaired) electrons. The highest BCUT2D eigenvalue weighted by molar-refractivity contribution is 5.95. The summed E-state index contributed by atoms with van der Waals surface area (Å²) < 4.78 is 0. The van der Waals surface area contributed by atoms with E-state index < -0.39 is 0 Å². The van der Waals surface area contributed by atoms with Gasteiger partial charge in [-0.2, -0.15) is 0 Å². The molecule has 13 heavy (non-hydrogen) atoms. The molecular formula is C10H14N2O. The molecule has 1 aromatic heterocycles.